The van der Waals surface area contributed by atoms with Crippen molar-refractivity contribution in [2.75, 3.05) is 36.0 Å². The lowest BCUT2D eigenvalue weighted by atomic mass is 10.1. The van der Waals surface area contributed by atoms with Crippen LogP contribution in [0.4, 0.5) is 11.6 Å². The summed E-state index contributed by atoms with van der Waals surface area (Å²) in [5, 5.41) is 9.11. The molecule has 1 aromatic carbocycles. The Bertz CT molecular complexity index is 1400. The molecule has 8 nitrogen and oxygen atoms in total. The van der Waals surface area contributed by atoms with Crippen LogP contribution in [0.5, 0.6) is 0 Å². The predicted molar refractivity (Wildman–Crippen MR) is 133 cm³/mol. The van der Waals surface area contributed by atoms with Crippen LogP contribution in [0.1, 0.15) is 11.1 Å². The normalized spacial score (nSPS) is 14.1. The van der Waals surface area contributed by atoms with E-state index in [-0.39, 0.29) is 0 Å². The van der Waals surface area contributed by atoms with Crippen LogP contribution in [0.3, 0.4) is 0 Å². The summed E-state index contributed by atoms with van der Waals surface area (Å²) in [7, 11) is 1.93. The van der Waals surface area contributed by atoms with E-state index in [1.165, 1.54) is 5.56 Å². The molecule has 0 radical (unpaired) electrons. The van der Waals surface area contributed by atoms with Crippen molar-refractivity contribution in [3.63, 3.8) is 0 Å². The van der Waals surface area contributed by atoms with E-state index >= 15 is 0 Å². The number of fused-ring (bicyclic) bond motifs is 1. The summed E-state index contributed by atoms with van der Waals surface area (Å²) in [6.07, 6.45) is 10.7. The molecule has 5 aromatic rings. The van der Waals surface area contributed by atoms with Gasteiger partial charge in [-0.15, -0.1) is 0 Å². The van der Waals surface area contributed by atoms with Crippen LogP contribution in [0.25, 0.3) is 16.8 Å². The molecule has 0 atom stereocenters. The van der Waals surface area contributed by atoms with Gasteiger partial charge < -0.3 is 9.80 Å². The minimum atomic E-state index is 0.802. The van der Waals surface area contributed by atoms with E-state index in [2.05, 4.69) is 66.4 Å². The Hall–Kier alpha value is -4.20. The largest absolute Gasteiger partial charge is 0.365 e. The fourth-order valence-electron chi connectivity index (χ4n) is 4.52. The minimum absolute atomic E-state index is 0.802. The minimum Gasteiger partial charge on any atom is -0.365 e. The first-order valence-electron chi connectivity index (χ1n) is 11.5. The third-order valence-electron chi connectivity index (χ3n) is 6.35. The number of piperazine rings is 1. The van der Waals surface area contributed by atoms with Crippen LogP contribution in [0, 0.1) is 0 Å². The molecule has 34 heavy (non-hydrogen) atoms. The molecule has 1 aliphatic heterocycles. The van der Waals surface area contributed by atoms with Crippen LogP contribution in [0.15, 0.2) is 79.5 Å². The van der Waals surface area contributed by atoms with Crippen molar-refractivity contribution in [2.45, 2.75) is 6.42 Å². The molecule has 4 aromatic heterocycles. The lowest BCUT2D eigenvalue weighted by molar-refractivity contribution is 0.641. The zero-order chi connectivity index (χ0) is 22.9. The highest BCUT2D eigenvalue weighted by Crippen LogP contribution is 2.26. The zero-order valence-corrected chi connectivity index (χ0v) is 19.1. The third kappa shape index (κ3) is 3.98. The Morgan fingerprint density at radius 2 is 1.56 bits per heavy atom. The number of anilines is 2. The summed E-state index contributed by atoms with van der Waals surface area (Å²) in [4.78, 5) is 13.9. The van der Waals surface area contributed by atoms with Gasteiger partial charge in [0.1, 0.15) is 0 Å². The predicted octanol–water partition coefficient (Wildman–Crippen LogP) is 3.44. The lowest BCUT2D eigenvalue weighted by Gasteiger charge is -2.35. The van der Waals surface area contributed by atoms with Gasteiger partial charge in [-0.3, -0.25) is 4.68 Å². The van der Waals surface area contributed by atoms with Gasteiger partial charge in [0.2, 0.25) is 5.95 Å². The van der Waals surface area contributed by atoms with Crippen LogP contribution in [-0.4, -0.2) is 55.5 Å². The molecule has 0 N–H and O–H groups in total. The highest BCUT2D eigenvalue weighted by Gasteiger charge is 2.21. The van der Waals surface area contributed by atoms with E-state index in [0.717, 1.165) is 66.6 Å². The molecule has 0 spiro atoms. The molecule has 6 rings (SSSR count). The summed E-state index contributed by atoms with van der Waals surface area (Å²) in [6, 6.07) is 16.7. The van der Waals surface area contributed by atoms with Crippen molar-refractivity contribution in [3.8, 4) is 11.3 Å². The first-order valence-corrected chi connectivity index (χ1v) is 11.5. The summed E-state index contributed by atoms with van der Waals surface area (Å²) in [5.41, 5.74) is 6.67. The van der Waals surface area contributed by atoms with Crippen LogP contribution < -0.4 is 9.80 Å². The Balaban J connectivity index is 1.12. The maximum absolute atomic E-state index is 4.65. The van der Waals surface area contributed by atoms with Gasteiger partial charge in [0.05, 0.1) is 23.1 Å². The first kappa shape index (κ1) is 20.4. The Morgan fingerprint density at radius 3 is 2.29 bits per heavy atom. The molecule has 0 aliphatic carbocycles. The van der Waals surface area contributed by atoms with Crippen molar-refractivity contribution in [2.24, 2.45) is 7.05 Å². The van der Waals surface area contributed by atoms with E-state index in [4.69, 9.17) is 0 Å². The van der Waals surface area contributed by atoms with E-state index in [1.807, 2.05) is 59.4 Å². The Labute approximate surface area is 198 Å². The fraction of sp³-hybridized carbons (Fsp3) is 0.231. The van der Waals surface area contributed by atoms with Gasteiger partial charge in [-0.25, -0.2) is 14.5 Å². The molecular formula is C26H26N8. The van der Waals surface area contributed by atoms with E-state index in [0.29, 0.717) is 0 Å². The Morgan fingerprint density at radius 1 is 0.794 bits per heavy atom. The van der Waals surface area contributed by atoms with E-state index < -0.39 is 0 Å². The summed E-state index contributed by atoms with van der Waals surface area (Å²) < 4.78 is 3.76. The molecular weight excluding hydrogens is 424 g/mol. The zero-order valence-electron chi connectivity index (χ0n) is 19.1. The molecule has 5 heterocycles. The molecule has 1 fully saturated rings. The SMILES string of the molecule is Cn1ccc(-c2ccc3c(N4CCN(c5ncc(Cc6ccccc6)cn5)CC4)cnn3c2)n1. The number of rotatable bonds is 5. The second kappa shape index (κ2) is 8.62. The average molecular weight is 451 g/mol. The topological polar surface area (TPSA) is 67.4 Å². The first-order chi connectivity index (χ1) is 16.7. The maximum atomic E-state index is 4.65. The highest BCUT2D eigenvalue weighted by atomic mass is 15.3. The Kier molecular flexibility index (Phi) is 5.18. The van der Waals surface area contributed by atoms with Gasteiger partial charge >= 0.3 is 0 Å². The number of hydrogen-bond donors (Lipinski definition) is 0. The molecule has 1 saturated heterocycles. The quantitative estimate of drug-likeness (QED) is 0.409. The van der Waals surface area contributed by atoms with E-state index in [1.54, 1.807) is 0 Å². The smallest absolute Gasteiger partial charge is 0.225 e. The average Bonchev–Trinajstić information content (AvgIpc) is 3.51. The number of benzene rings is 1. The lowest BCUT2D eigenvalue weighted by Crippen LogP contribution is -2.47. The standard InChI is InChI=1S/C26H26N8/c1-31-10-9-23(30-31)22-7-8-24-25(18-29-34(24)19-22)32-11-13-33(14-12-32)26-27-16-21(17-28-26)15-20-5-3-2-4-6-20/h2-10,16-19H,11-15H2,1H3. The van der Waals surface area contributed by atoms with Crippen LogP contribution >= 0.6 is 0 Å². The van der Waals surface area contributed by atoms with Crippen molar-refractivity contribution >= 4 is 17.2 Å². The second-order valence-electron chi connectivity index (χ2n) is 8.68. The second-order valence-corrected chi connectivity index (χ2v) is 8.68. The van der Waals surface area contributed by atoms with Gasteiger partial charge in [0.25, 0.3) is 0 Å². The van der Waals surface area contributed by atoms with Gasteiger partial charge in [-0.2, -0.15) is 10.2 Å². The van der Waals surface area contributed by atoms with Gasteiger partial charge in [-0.1, -0.05) is 30.3 Å². The van der Waals surface area contributed by atoms with Gasteiger partial charge in [0.15, 0.2) is 0 Å². The summed E-state index contributed by atoms with van der Waals surface area (Å²) in [6.45, 7) is 3.56. The van der Waals surface area contributed by atoms with Gasteiger partial charge in [-0.05, 0) is 29.3 Å². The number of hydrogen-bond acceptors (Lipinski definition) is 6. The molecule has 0 amide bonds. The number of aromatic nitrogens is 6. The van der Waals surface area contributed by atoms with Crippen molar-refractivity contribution in [1.82, 2.24) is 29.4 Å². The molecule has 0 bridgehead atoms. The number of pyridine rings is 1. The molecule has 0 saturated carbocycles. The highest BCUT2D eigenvalue weighted by molar-refractivity contribution is 5.75. The molecule has 0 unspecified atom stereocenters. The number of nitrogens with zero attached hydrogens (tertiary/aromatic N) is 8. The molecule has 170 valence electrons. The van der Waals surface area contributed by atoms with Crippen molar-refractivity contribution in [3.05, 3.63) is 90.6 Å². The van der Waals surface area contributed by atoms with E-state index in [9.17, 15) is 0 Å². The van der Waals surface area contributed by atoms with Crippen molar-refractivity contribution in [1.29, 1.82) is 0 Å². The molecule has 1 aliphatic rings. The monoisotopic (exact) mass is 450 g/mol. The van der Waals surface area contributed by atoms with Crippen molar-refractivity contribution < 1.29 is 0 Å². The van der Waals surface area contributed by atoms with Gasteiger partial charge in [0, 0.05) is 70.0 Å². The third-order valence-corrected chi connectivity index (χ3v) is 6.35. The molecule has 8 heteroatoms. The van der Waals surface area contributed by atoms with Crippen LogP contribution in [-0.2, 0) is 13.5 Å². The van der Waals surface area contributed by atoms with Crippen LogP contribution in [0.2, 0.25) is 0 Å². The fourth-order valence-corrected chi connectivity index (χ4v) is 4.52. The summed E-state index contributed by atoms with van der Waals surface area (Å²) in [5.74, 6) is 0.802. The number of aryl methyl sites for hydroxylation is 1. The summed E-state index contributed by atoms with van der Waals surface area (Å²) >= 11 is 0. The maximum Gasteiger partial charge on any atom is 0.225 e.